The third-order valence-electron chi connectivity index (χ3n) is 10.7. The van der Waals surface area contributed by atoms with E-state index < -0.39 is 23.0 Å². The number of carbonyl (C=O) groups is 3. The van der Waals surface area contributed by atoms with Gasteiger partial charge in [-0.2, -0.15) is 0 Å². The average molecular weight is 545 g/mol. The van der Waals surface area contributed by atoms with Crippen molar-refractivity contribution in [2.45, 2.75) is 98.8 Å². The van der Waals surface area contributed by atoms with Crippen molar-refractivity contribution in [2.24, 2.45) is 39.0 Å². The Morgan fingerprint density at radius 2 is 1.95 bits per heavy atom. The van der Waals surface area contributed by atoms with Crippen molar-refractivity contribution in [3.8, 4) is 0 Å². The predicted octanol–water partition coefficient (Wildman–Crippen LogP) is 4.84. The van der Waals surface area contributed by atoms with Crippen LogP contribution >= 0.6 is 11.8 Å². The second-order valence-corrected chi connectivity index (χ2v) is 13.6. The van der Waals surface area contributed by atoms with Crippen LogP contribution in [0.4, 0.5) is 0 Å². The number of aliphatic hydroxyl groups is 1. The summed E-state index contributed by atoms with van der Waals surface area (Å²) in [5.74, 6) is -0.216. The number of carbonyl (C=O) groups excluding carboxylic acids is 3. The van der Waals surface area contributed by atoms with Gasteiger partial charge in [0.2, 0.25) is 0 Å². The number of ether oxygens (including phenoxy) is 1. The number of amidine groups is 1. The van der Waals surface area contributed by atoms with E-state index in [0.717, 1.165) is 25.0 Å². The predicted molar refractivity (Wildman–Crippen MR) is 151 cm³/mol. The van der Waals surface area contributed by atoms with Gasteiger partial charge >= 0.3 is 5.97 Å². The van der Waals surface area contributed by atoms with Crippen LogP contribution < -0.4 is 5.32 Å². The number of Topliss-reactive ketones (excluding diaryl/α,β-unsaturated/α-hetero) is 2. The first-order chi connectivity index (χ1) is 17.7. The number of nitrogens with zero attached hydrogens (tertiary/aromatic N) is 1. The van der Waals surface area contributed by atoms with Crippen LogP contribution in [0.15, 0.2) is 28.9 Å². The molecule has 1 aliphatic heterocycles. The molecule has 0 saturated heterocycles. The van der Waals surface area contributed by atoms with Gasteiger partial charge in [0.1, 0.15) is 11.9 Å². The van der Waals surface area contributed by atoms with Crippen molar-refractivity contribution in [3.05, 3.63) is 23.9 Å². The zero-order chi connectivity index (χ0) is 28.2. The minimum absolute atomic E-state index is 0.0202. The van der Waals surface area contributed by atoms with E-state index in [2.05, 4.69) is 37.7 Å². The second kappa shape index (κ2) is 10.2. The smallest absolute Gasteiger partial charge is 0.316 e. The van der Waals surface area contributed by atoms with Crippen molar-refractivity contribution in [1.82, 2.24) is 5.32 Å². The monoisotopic (exact) mass is 544 g/mol. The zero-order valence-electron chi connectivity index (χ0n) is 23.9. The first-order valence-corrected chi connectivity index (χ1v) is 14.9. The standard InChI is InChI=1S/C30H44N2O5S/c1-9-28(7)14-22(37-23(35)15-38-27-31-18(4)24(20(6)33)19(5)32-27)29(8)16(2)10-12-30(17(3)26(28)36)13-11-21(34)25(29)30/h9,16-18,22,25-26,36H,1,10-15H2,2-8H3,(H,31,32)/t16-,17+,18?,22-,25+,26+,28-,29+,30+/m1/s1. The molecule has 2 bridgehead atoms. The molecule has 0 aromatic carbocycles. The number of hydrogen-bond acceptors (Lipinski definition) is 8. The number of esters is 1. The SMILES string of the molecule is C=C[C@]1(C)C[C@@H](OC(=O)CSC2=NC(C)C(C(C)=O)=C(C)N2)[C@]2(C)[C@H](C)CC[C@]3(CCC(=O)[C@H]32)[C@@H](C)[C@@H]1O. The third kappa shape index (κ3) is 4.49. The zero-order valence-corrected chi connectivity index (χ0v) is 24.7. The van der Waals surface area contributed by atoms with Gasteiger partial charge in [0, 0.05) is 34.4 Å². The molecule has 210 valence electrons. The minimum atomic E-state index is -0.686. The molecule has 4 aliphatic rings. The summed E-state index contributed by atoms with van der Waals surface area (Å²) in [5.41, 5.74) is -0.0890. The van der Waals surface area contributed by atoms with Crippen LogP contribution in [0.1, 0.15) is 80.6 Å². The molecule has 0 aromatic rings. The Bertz CT molecular complexity index is 1100. The van der Waals surface area contributed by atoms with Gasteiger partial charge < -0.3 is 15.2 Å². The maximum Gasteiger partial charge on any atom is 0.316 e. The van der Waals surface area contributed by atoms with Crippen molar-refractivity contribution in [2.75, 3.05) is 5.75 Å². The van der Waals surface area contributed by atoms with E-state index >= 15 is 0 Å². The highest BCUT2D eigenvalue weighted by molar-refractivity contribution is 8.14. The topological polar surface area (TPSA) is 105 Å². The van der Waals surface area contributed by atoms with E-state index in [1.807, 2.05) is 26.8 Å². The van der Waals surface area contributed by atoms with Crippen LogP contribution in [0.25, 0.3) is 0 Å². The first-order valence-electron chi connectivity index (χ1n) is 13.9. The fourth-order valence-electron chi connectivity index (χ4n) is 8.27. The Kier molecular flexibility index (Phi) is 7.83. The molecule has 38 heavy (non-hydrogen) atoms. The number of aliphatic imine (C=N–C) groups is 1. The van der Waals surface area contributed by atoms with Crippen LogP contribution in [0.5, 0.6) is 0 Å². The van der Waals surface area contributed by atoms with E-state index in [0.29, 0.717) is 23.6 Å². The fraction of sp³-hybridized carbons (Fsp3) is 0.733. The normalized spacial score (nSPS) is 42.8. The summed E-state index contributed by atoms with van der Waals surface area (Å²) < 4.78 is 6.30. The Hall–Kier alpha value is -1.93. The van der Waals surface area contributed by atoms with Crippen LogP contribution in [0, 0.1) is 34.0 Å². The lowest BCUT2D eigenvalue weighted by Crippen LogP contribution is -2.63. The van der Waals surface area contributed by atoms with E-state index in [9.17, 15) is 19.5 Å². The second-order valence-electron chi connectivity index (χ2n) is 12.7. The lowest BCUT2D eigenvalue weighted by Gasteiger charge is -2.61. The highest BCUT2D eigenvalue weighted by atomic mass is 32.2. The Balaban J connectivity index is 1.60. The van der Waals surface area contributed by atoms with Gasteiger partial charge in [-0.3, -0.25) is 19.4 Å². The first kappa shape index (κ1) is 29.1. The third-order valence-corrected chi connectivity index (χ3v) is 11.6. The summed E-state index contributed by atoms with van der Waals surface area (Å²) >= 11 is 1.26. The molecule has 2 N–H and O–H groups in total. The molecule has 3 aliphatic carbocycles. The van der Waals surface area contributed by atoms with Crippen molar-refractivity contribution in [3.63, 3.8) is 0 Å². The van der Waals surface area contributed by atoms with Gasteiger partial charge in [-0.1, -0.05) is 45.5 Å². The Morgan fingerprint density at radius 3 is 2.55 bits per heavy atom. The van der Waals surface area contributed by atoms with Crippen LogP contribution in [-0.2, 0) is 19.1 Å². The molecular formula is C30H44N2O5S. The molecule has 0 spiro atoms. The van der Waals surface area contributed by atoms with Gasteiger partial charge in [0.05, 0.1) is 17.9 Å². The molecule has 1 unspecified atom stereocenters. The molecule has 8 heteroatoms. The largest absolute Gasteiger partial charge is 0.461 e. The quantitative estimate of drug-likeness (QED) is 0.377. The summed E-state index contributed by atoms with van der Waals surface area (Å²) in [7, 11) is 0. The van der Waals surface area contributed by atoms with Crippen molar-refractivity contribution >= 4 is 34.5 Å². The van der Waals surface area contributed by atoms with Crippen molar-refractivity contribution < 1.29 is 24.2 Å². The lowest BCUT2D eigenvalue weighted by atomic mass is 9.44. The minimum Gasteiger partial charge on any atom is -0.461 e. The Labute approximate surface area is 231 Å². The maximum atomic E-state index is 13.5. The summed E-state index contributed by atoms with van der Waals surface area (Å²) in [6, 6.07) is -0.279. The lowest BCUT2D eigenvalue weighted by molar-refractivity contribution is -0.205. The summed E-state index contributed by atoms with van der Waals surface area (Å²) in [6.45, 7) is 17.7. The van der Waals surface area contributed by atoms with Gasteiger partial charge in [-0.25, -0.2) is 0 Å². The molecule has 3 fully saturated rings. The van der Waals surface area contributed by atoms with Gasteiger partial charge in [-0.05, 0) is 63.7 Å². The highest BCUT2D eigenvalue weighted by Crippen LogP contribution is 2.68. The van der Waals surface area contributed by atoms with E-state index in [1.54, 1.807) is 0 Å². The molecule has 4 rings (SSSR count). The molecular weight excluding hydrogens is 500 g/mol. The van der Waals surface area contributed by atoms with Crippen molar-refractivity contribution in [1.29, 1.82) is 0 Å². The number of hydrogen-bond donors (Lipinski definition) is 2. The van der Waals surface area contributed by atoms with Crippen LogP contribution in [0.3, 0.4) is 0 Å². The Morgan fingerprint density at radius 1 is 1.26 bits per heavy atom. The van der Waals surface area contributed by atoms with Gasteiger partial charge in [0.15, 0.2) is 11.0 Å². The van der Waals surface area contributed by atoms with E-state index in [1.165, 1.54) is 18.7 Å². The van der Waals surface area contributed by atoms with Gasteiger partial charge in [0.25, 0.3) is 0 Å². The summed E-state index contributed by atoms with van der Waals surface area (Å²) in [5, 5.41) is 15.4. The number of thioether (sulfide) groups is 1. The average Bonchev–Trinajstić information content (AvgIpc) is 3.20. The highest BCUT2D eigenvalue weighted by Gasteiger charge is 2.68. The number of nitrogens with one attached hydrogen (secondary N) is 1. The molecule has 0 radical (unpaired) electrons. The van der Waals surface area contributed by atoms with Crippen LogP contribution in [0.2, 0.25) is 0 Å². The summed E-state index contributed by atoms with van der Waals surface area (Å²) in [4.78, 5) is 43.4. The number of aliphatic hydroxyl groups excluding tert-OH is 1. The maximum absolute atomic E-state index is 13.5. The van der Waals surface area contributed by atoms with Crippen LogP contribution in [-0.4, -0.2) is 51.8 Å². The molecule has 9 atom stereocenters. The number of allylic oxidation sites excluding steroid dienone is 1. The fourth-order valence-corrected chi connectivity index (χ4v) is 9.05. The number of rotatable bonds is 5. The molecule has 7 nitrogen and oxygen atoms in total. The number of ketones is 2. The molecule has 0 aromatic heterocycles. The molecule has 3 saturated carbocycles. The van der Waals surface area contributed by atoms with E-state index in [4.69, 9.17) is 4.74 Å². The molecule has 0 amide bonds. The summed E-state index contributed by atoms with van der Waals surface area (Å²) in [6.07, 6.45) is 4.14. The van der Waals surface area contributed by atoms with E-state index in [-0.39, 0.29) is 52.5 Å². The van der Waals surface area contributed by atoms with Gasteiger partial charge in [-0.15, -0.1) is 6.58 Å². The molecule has 1 heterocycles.